The van der Waals surface area contributed by atoms with Gasteiger partial charge in [0.25, 0.3) is 0 Å². The van der Waals surface area contributed by atoms with E-state index >= 15 is 0 Å². The molecule has 1 aromatic heterocycles. The van der Waals surface area contributed by atoms with Crippen molar-refractivity contribution in [2.75, 3.05) is 13.1 Å². The van der Waals surface area contributed by atoms with Crippen molar-refractivity contribution in [2.24, 2.45) is 0 Å². The number of nitrogens with zero attached hydrogens (tertiary/aromatic N) is 3. The van der Waals surface area contributed by atoms with Crippen molar-refractivity contribution in [3.63, 3.8) is 0 Å². The summed E-state index contributed by atoms with van der Waals surface area (Å²) in [5, 5.41) is 8.30. The van der Waals surface area contributed by atoms with Crippen LogP contribution in [0.1, 0.15) is 62.3 Å². The number of piperidine rings is 1. The van der Waals surface area contributed by atoms with E-state index in [2.05, 4.69) is 22.3 Å². The molecule has 24 heavy (non-hydrogen) atoms. The van der Waals surface area contributed by atoms with E-state index in [1.807, 2.05) is 36.9 Å². The van der Waals surface area contributed by atoms with Crippen LogP contribution in [-0.2, 0) is 11.2 Å². The fourth-order valence-corrected chi connectivity index (χ4v) is 3.07. The van der Waals surface area contributed by atoms with Crippen LogP contribution in [0.15, 0.2) is 34.7 Å². The summed E-state index contributed by atoms with van der Waals surface area (Å²) in [6.07, 6.45) is 3.18. The van der Waals surface area contributed by atoms with Crippen LogP contribution in [0.25, 0.3) is 0 Å². The number of carbonyl (C=O) groups excluding carboxylic acids is 1. The minimum atomic E-state index is 0.241. The number of hydrogen-bond acceptors (Lipinski definition) is 4. The van der Waals surface area contributed by atoms with Crippen molar-refractivity contribution in [3.8, 4) is 0 Å². The highest BCUT2D eigenvalue weighted by atomic mass is 16.4. The fourth-order valence-electron chi connectivity index (χ4n) is 3.07. The fraction of sp³-hybridized carbons (Fsp3) is 0.526. The number of aryl methyl sites for hydroxylation is 1. The molecule has 1 amide bonds. The number of benzene rings is 1. The smallest absolute Gasteiger partial charge is 0.222 e. The summed E-state index contributed by atoms with van der Waals surface area (Å²) in [5.74, 6) is 2.21. The summed E-state index contributed by atoms with van der Waals surface area (Å²) < 4.78 is 5.76. The highest BCUT2D eigenvalue weighted by Gasteiger charge is 2.27. The van der Waals surface area contributed by atoms with Gasteiger partial charge < -0.3 is 9.32 Å². The van der Waals surface area contributed by atoms with Crippen LogP contribution < -0.4 is 0 Å². The molecule has 1 fully saturated rings. The quantitative estimate of drug-likeness (QED) is 0.843. The van der Waals surface area contributed by atoms with E-state index in [-0.39, 0.29) is 17.7 Å². The van der Waals surface area contributed by atoms with Gasteiger partial charge in [0.1, 0.15) is 0 Å². The zero-order valence-corrected chi connectivity index (χ0v) is 14.4. The topological polar surface area (TPSA) is 59.2 Å². The van der Waals surface area contributed by atoms with Gasteiger partial charge in [0, 0.05) is 31.3 Å². The number of amides is 1. The molecule has 0 atom stereocenters. The number of aromatic nitrogens is 2. The zero-order valence-electron chi connectivity index (χ0n) is 14.4. The maximum atomic E-state index is 12.4. The van der Waals surface area contributed by atoms with E-state index in [1.54, 1.807) is 0 Å². The Labute approximate surface area is 143 Å². The summed E-state index contributed by atoms with van der Waals surface area (Å²) in [6, 6.07) is 10.2. The molecule has 0 bridgehead atoms. The third-order valence-corrected chi connectivity index (χ3v) is 4.62. The predicted octanol–water partition coefficient (Wildman–Crippen LogP) is 3.53. The van der Waals surface area contributed by atoms with Gasteiger partial charge in [-0.25, -0.2) is 0 Å². The van der Waals surface area contributed by atoms with Gasteiger partial charge in [0.15, 0.2) is 0 Å². The first-order valence-corrected chi connectivity index (χ1v) is 8.78. The van der Waals surface area contributed by atoms with Gasteiger partial charge in [0.2, 0.25) is 17.7 Å². The Balaban J connectivity index is 1.48. The van der Waals surface area contributed by atoms with E-state index in [9.17, 15) is 4.79 Å². The Hall–Kier alpha value is -2.17. The molecule has 0 radical (unpaired) electrons. The average molecular weight is 327 g/mol. The van der Waals surface area contributed by atoms with Crippen LogP contribution in [0.2, 0.25) is 0 Å². The second-order valence-electron chi connectivity index (χ2n) is 6.77. The number of carbonyl (C=O) groups is 1. The molecule has 2 aromatic rings. The second-order valence-corrected chi connectivity index (χ2v) is 6.77. The van der Waals surface area contributed by atoms with Gasteiger partial charge in [-0.2, -0.15) is 0 Å². The van der Waals surface area contributed by atoms with Gasteiger partial charge in [0.05, 0.1) is 0 Å². The Kier molecular flexibility index (Phi) is 5.28. The number of hydrogen-bond donors (Lipinski definition) is 0. The van der Waals surface area contributed by atoms with Crippen molar-refractivity contribution in [1.82, 2.24) is 15.1 Å². The van der Waals surface area contributed by atoms with Crippen molar-refractivity contribution < 1.29 is 9.21 Å². The SMILES string of the molecule is CC(C)c1nnc(C2CCN(C(=O)CCc3ccccc3)CC2)o1. The minimum absolute atomic E-state index is 0.241. The molecular weight excluding hydrogens is 302 g/mol. The molecule has 0 unspecified atom stereocenters. The van der Waals surface area contributed by atoms with Crippen LogP contribution in [0.4, 0.5) is 0 Å². The highest BCUT2D eigenvalue weighted by molar-refractivity contribution is 5.76. The Morgan fingerprint density at radius 2 is 1.92 bits per heavy atom. The maximum absolute atomic E-state index is 12.4. The third kappa shape index (κ3) is 4.02. The molecule has 2 heterocycles. The molecule has 0 N–H and O–H groups in total. The molecule has 5 heteroatoms. The molecule has 1 aliphatic rings. The monoisotopic (exact) mass is 327 g/mol. The lowest BCUT2D eigenvalue weighted by Gasteiger charge is -2.30. The van der Waals surface area contributed by atoms with Crippen LogP contribution in [-0.4, -0.2) is 34.1 Å². The summed E-state index contributed by atoms with van der Waals surface area (Å²) in [6.45, 7) is 5.64. The lowest BCUT2D eigenvalue weighted by atomic mass is 9.96. The van der Waals surface area contributed by atoms with E-state index in [1.165, 1.54) is 5.56 Å². The molecule has 0 spiro atoms. The Bertz CT molecular complexity index is 658. The van der Waals surface area contributed by atoms with Crippen LogP contribution in [0, 0.1) is 0 Å². The minimum Gasteiger partial charge on any atom is -0.425 e. The van der Waals surface area contributed by atoms with E-state index in [0.717, 1.165) is 38.2 Å². The molecule has 128 valence electrons. The average Bonchev–Trinajstić information content (AvgIpc) is 3.11. The van der Waals surface area contributed by atoms with Crippen molar-refractivity contribution in [3.05, 3.63) is 47.7 Å². The Morgan fingerprint density at radius 3 is 2.54 bits per heavy atom. The molecular formula is C19H25N3O2. The molecule has 1 aliphatic heterocycles. The lowest BCUT2D eigenvalue weighted by Crippen LogP contribution is -2.38. The standard InChI is InChI=1S/C19H25N3O2/c1-14(2)18-20-21-19(24-18)16-10-12-22(13-11-16)17(23)9-8-15-6-4-3-5-7-15/h3-7,14,16H,8-13H2,1-2H3. The highest BCUT2D eigenvalue weighted by Crippen LogP contribution is 2.28. The van der Waals surface area contributed by atoms with Crippen molar-refractivity contribution in [1.29, 1.82) is 0 Å². The Morgan fingerprint density at radius 1 is 1.21 bits per heavy atom. The van der Waals surface area contributed by atoms with Crippen LogP contribution in [0.5, 0.6) is 0 Å². The molecule has 1 aromatic carbocycles. The first-order chi connectivity index (χ1) is 11.6. The van der Waals surface area contributed by atoms with Gasteiger partial charge in [-0.1, -0.05) is 44.2 Å². The number of rotatable bonds is 5. The maximum Gasteiger partial charge on any atom is 0.222 e. The van der Waals surface area contributed by atoms with Crippen LogP contribution in [0.3, 0.4) is 0 Å². The molecule has 0 aliphatic carbocycles. The summed E-state index contributed by atoms with van der Waals surface area (Å²) in [4.78, 5) is 14.4. The number of likely N-dealkylation sites (tertiary alicyclic amines) is 1. The van der Waals surface area contributed by atoms with Gasteiger partial charge in [-0.15, -0.1) is 10.2 Å². The van der Waals surface area contributed by atoms with E-state index in [0.29, 0.717) is 12.3 Å². The van der Waals surface area contributed by atoms with E-state index in [4.69, 9.17) is 4.42 Å². The van der Waals surface area contributed by atoms with Crippen LogP contribution >= 0.6 is 0 Å². The normalized spacial score (nSPS) is 15.9. The predicted molar refractivity (Wildman–Crippen MR) is 91.7 cm³/mol. The van der Waals surface area contributed by atoms with Gasteiger partial charge in [-0.05, 0) is 24.8 Å². The van der Waals surface area contributed by atoms with Crippen molar-refractivity contribution >= 4 is 5.91 Å². The first-order valence-electron chi connectivity index (χ1n) is 8.78. The third-order valence-electron chi connectivity index (χ3n) is 4.62. The van der Waals surface area contributed by atoms with Gasteiger partial charge in [-0.3, -0.25) is 4.79 Å². The largest absolute Gasteiger partial charge is 0.425 e. The molecule has 1 saturated heterocycles. The summed E-state index contributed by atoms with van der Waals surface area (Å²) in [5.41, 5.74) is 1.22. The first kappa shape index (κ1) is 16.7. The van der Waals surface area contributed by atoms with Gasteiger partial charge >= 0.3 is 0 Å². The molecule has 0 saturated carbocycles. The van der Waals surface area contributed by atoms with E-state index < -0.39 is 0 Å². The lowest BCUT2D eigenvalue weighted by molar-refractivity contribution is -0.132. The summed E-state index contributed by atoms with van der Waals surface area (Å²) in [7, 11) is 0. The molecule has 5 nitrogen and oxygen atoms in total. The van der Waals surface area contributed by atoms with Crippen molar-refractivity contribution in [2.45, 2.75) is 51.4 Å². The zero-order chi connectivity index (χ0) is 16.9. The summed E-state index contributed by atoms with van der Waals surface area (Å²) >= 11 is 0. The molecule has 3 rings (SSSR count). The second kappa shape index (κ2) is 7.60.